The van der Waals surface area contributed by atoms with Crippen LogP contribution in [0.15, 0.2) is 24.3 Å². The Balaban J connectivity index is 0.00000208. The number of rotatable bonds is 4. The molecular weight excluding hydrogens is 331 g/mol. The lowest BCUT2D eigenvalue weighted by molar-refractivity contribution is -0.139. The Bertz CT molecular complexity index is 542. The van der Waals surface area contributed by atoms with Gasteiger partial charge in [0.25, 0.3) is 0 Å². The molecule has 4 nitrogen and oxygen atoms in total. The van der Waals surface area contributed by atoms with E-state index in [1.54, 1.807) is 12.1 Å². The van der Waals surface area contributed by atoms with Crippen molar-refractivity contribution >= 4 is 18.3 Å². The zero-order chi connectivity index (χ0) is 16.4. The number of aliphatic hydroxyl groups is 1. The predicted molar refractivity (Wildman–Crippen MR) is 93.4 cm³/mol. The maximum Gasteiger partial charge on any atom is 0.225 e. The highest BCUT2D eigenvalue weighted by atomic mass is 35.5. The third-order valence-electron chi connectivity index (χ3n) is 5.42. The van der Waals surface area contributed by atoms with Crippen LogP contribution in [0.5, 0.6) is 0 Å². The summed E-state index contributed by atoms with van der Waals surface area (Å²) in [4.78, 5) is 14.5. The quantitative estimate of drug-likeness (QED) is 0.871. The van der Waals surface area contributed by atoms with E-state index in [-0.39, 0.29) is 36.0 Å². The molecule has 1 aromatic carbocycles. The first-order valence-electron chi connectivity index (χ1n) is 8.49. The molecule has 2 N–H and O–H groups in total. The Labute approximate surface area is 148 Å². The van der Waals surface area contributed by atoms with Gasteiger partial charge < -0.3 is 15.3 Å². The number of carbonyl (C=O) groups is 1. The number of hydrogen-bond acceptors (Lipinski definition) is 3. The molecule has 6 heteroatoms. The second-order valence-corrected chi connectivity index (χ2v) is 6.87. The van der Waals surface area contributed by atoms with Gasteiger partial charge in [-0.2, -0.15) is 0 Å². The fourth-order valence-electron chi connectivity index (χ4n) is 3.52. The molecule has 0 radical (unpaired) electrons. The average Bonchev–Trinajstić information content (AvgIpc) is 2.53. The Hall–Kier alpha value is -1.17. The molecule has 2 fully saturated rings. The normalized spacial score (nSPS) is 21.5. The van der Waals surface area contributed by atoms with Crippen molar-refractivity contribution in [3.8, 4) is 0 Å². The van der Waals surface area contributed by atoms with Gasteiger partial charge >= 0.3 is 0 Å². The number of nitrogens with one attached hydrogen (secondary N) is 1. The number of hydrogen-bond donors (Lipinski definition) is 2. The number of nitrogens with zero attached hydrogens (tertiary/aromatic N) is 1. The SMILES string of the molecule is CC(C(=O)N1CCC(C(O)c2ccc(F)cc2)CC1)C1CNC1.Cl. The summed E-state index contributed by atoms with van der Waals surface area (Å²) in [6, 6.07) is 6.05. The van der Waals surface area contributed by atoms with Gasteiger partial charge in [-0.25, -0.2) is 4.39 Å². The molecule has 24 heavy (non-hydrogen) atoms. The molecule has 2 atom stereocenters. The molecule has 0 aromatic heterocycles. The van der Waals surface area contributed by atoms with E-state index in [4.69, 9.17) is 0 Å². The zero-order valence-corrected chi connectivity index (χ0v) is 14.8. The first-order valence-corrected chi connectivity index (χ1v) is 8.49. The molecule has 3 rings (SSSR count). The van der Waals surface area contributed by atoms with E-state index in [0.717, 1.165) is 31.5 Å². The molecule has 2 unspecified atom stereocenters. The number of likely N-dealkylation sites (tertiary alicyclic amines) is 1. The van der Waals surface area contributed by atoms with Gasteiger partial charge in [0.1, 0.15) is 5.82 Å². The number of amides is 1. The summed E-state index contributed by atoms with van der Waals surface area (Å²) >= 11 is 0. The van der Waals surface area contributed by atoms with Crippen molar-refractivity contribution in [2.75, 3.05) is 26.2 Å². The van der Waals surface area contributed by atoms with Gasteiger partial charge in [-0.15, -0.1) is 12.4 Å². The molecule has 0 aliphatic carbocycles. The van der Waals surface area contributed by atoms with Crippen molar-refractivity contribution in [3.05, 3.63) is 35.6 Å². The van der Waals surface area contributed by atoms with E-state index in [9.17, 15) is 14.3 Å². The van der Waals surface area contributed by atoms with Crippen LogP contribution in [0.2, 0.25) is 0 Å². The van der Waals surface area contributed by atoms with Gasteiger partial charge in [-0.1, -0.05) is 19.1 Å². The first-order chi connectivity index (χ1) is 11.1. The number of aliphatic hydroxyl groups excluding tert-OH is 1. The number of halogens is 2. The first kappa shape index (κ1) is 19.2. The number of carbonyl (C=O) groups excluding carboxylic acids is 1. The molecular formula is C18H26ClFN2O2. The van der Waals surface area contributed by atoms with Gasteiger partial charge in [0.2, 0.25) is 5.91 Å². The topological polar surface area (TPSA) is 52.6 Å². The summed E-state index contributed by atoms with van der Waals surface area (Å²) in [6.07, 6.45) is 1.00. The van der Waals surface area contributed by atoms with E-state index >= 15 is 0 Å². The highest BCUT2D eigenvalue weighted by Crippen LogP contribution is 2.31. The Kier molecular flexibility index (Phi) is 6.61. The van der Waals surface area contributed by atoms with E-state index in [0.29, 0.717) is 19.0 Å². The summed E-state index contributed by atoms with van der Waals surface area (Å²) in [6.45, 7) is 5.30. The molecule has 0 spiro atoms. The maximum atomic E-state index is 13.0. The summed E-state index contributed by atoms with van der Waals surface area (Å²) in [5.41, 5.74) is 0.755. The second-order valence-electron chi connectivity index (χ2n) is 6.87. The summed E-state index contributed by atoms with van der Waals surface area (Å²) in [5.74, 6) is 0.622. The standard InChI is InChI=1S/C18H25FN2O2.ClH/c1-12(15-10-20-11-15)18(23)21-8-6-14(7-9-21)17(22)13-2-4-16(19)5-3-13;/h2-5,12,14-15,17,20,22H,6-11H2,1H3;1H. The van der Waals surface area contributed by atoms with Gasteiger partial charge in [0.05, 0.1) is 6.10 Å². The van der Waals surface area contributed by atoms with Crippen LogP contribution in [0.3, 0.4) is 0 Å². The molecule has 2 heterocycles. The largest absolute Gasteiger partial charge is 0.388 e. The maximum absolute atomic E-state index is 13.0. The minimum absolute atomic E-state index is 0. The highest BCUT2D eigenvalue weighted by Gasteiger charge is 2.34. The Morgan fingerprint density at radius 2 is 1.79 bits per heavy atom. The molecule has 0 saturated carbocycles. The van der Waals surface area contributed by atoms with Crippen molar-refractivity contribution in [2.24, 2.45) is 17.8 Å². The van der Waals surface area contributed by atoms with E-state index < -0.39 is 6.10 Å². The Morgan fingerprint density at radius 1 is 1.21 bits per heavy atom. The molecule has 2 saturated heterocycles. The van der Waals surface area contributed by atoms with E-state index in [1.165, 1.54) is 12.1 Å². The lowest BCUT2D eigenvalue weighted by Crippen LogP contribution is -2.51. The second kappa shape index (κ2) is 8.28. The monoisotopic (exact) mass is 356 g/mol. The third kappa shape index (κ3) is 4.08. The zero-order valence-electron chi connectivity index (χ0n) is 14.0. The fourth-order valence-corrected chi connectivity index (χ4v) is 3.52. The summed E-state index contributed by atoms with van der Waals surface area (Å²) < 4.78 is 13.0. The summed E-state index contributed by atoms with van der Waals surface area (Å²) in [7, 11) is 0. The lowest BCUT2D eigenvalue weighted by Gasteiger charge is -2.39. The van der Waals surface area contributed by atoms with Crippen LogP contribution in [0.1, 0.15) is 31.4 Å². The minimum atomic E-state index is -0.582. The van der Waals surface area contributed by atoms with Crippen molar-refractivity contribution < 1.29 is 14.3 Å². The number of benzene rings is 1. The molecule has 2 aliphatic rings. The van der Waals surface area contributed by atoms with E-state index in [2.05, 4.69) is 5.32 Å². The van der Waals surface area contributed by atoms with Crippen molar-refractivity contribution in [1.82, 2.24) is 10.2 Å². The van der Waals surface area contributed by atoms with Crippen LogP contribution in [0, 0.1) is 23.6 Å². The highest BCUT2D eigenvalue weighted by molar-refractivity contribution is 5.85. The van der Waals surface area contributed by atoms with Crippen LogP contribution in [0.25, 0.3) is 0 Å². The van der Waals surface area contributed by atoms with Crippen LogP contribution >= 0.6 is 12.4 Å². The molecule has 0 bridgehead atoms. The molecule has 2 aliphatic heterocycles. The molecule has 134 valence electrons. The van der Waals surface area contributed by atoms with Crippen molar-refractivity contribution in [2.45, 2.75) is 25.9 Å². The van der Waals surface area contributed by atoms with Crippen LogP contribution < -0.4 is 5.32 Å². The van der Waals surface area contributed by atoms with Crippen LogP contribution in [-0.2, 0) is 4.79 Å². The minimum Gasteiger partial charge on any atom is -0.388 e. The lowest BCUT2D eigenvalue weighted by atomic mass is 9.85. The van der Waals surface area contributed by atoms with E-state index in [1.807, 2.05) is 11.8 Å². The van der Waals surface area contributed by atoms with Crippen molar-refractivity contribution in [3.63, 3.8) is 0 Å². The summed E-state index contributed by atoms with van der Waals surface area (Å²) in [5, 5.41) is 13.7. The van der Waals surface area contributed by atoms with Gasteiger partial charge in [0.15, 0.2) is 0 Å². The molecule has 1 amide bonds. The van der Waals surface area contributed by atoms with Crippen LogP contribution in [-0.4, -0.2) is 42.1 Å². The van der Waals surface area contributed by atoms with Crippen LogP contribution in [0.4, 0.5) is 4.39 Å². The van der Waals surface area contributed by atoms with Crippen molar-refractivity contribution in [1.29, 1.82) is 0 Å². The van der Waals surface area contributed by atoms with Gasteiger partial charge in [0, 0.05) is 19.0 Å². The number of piperidine rings is 1. The van der Waals surface area contributed by atoms with Gasteiger partial charge in [-0.3, -0.25) is 4.79 Å². The fraction of sp³-hybridized carbons (Fsp3) is 0.611. The van der Waals surface area contributed by atoms with Gasteiger partial charge in [-0.05, 0) is 55.5 Å². The average molecular weight is 357 g/mol. The Morgan fingerprint density at radius 3 is 2.29 bits per heavy atom. The third-order valence-corrected chi connectivity index (χ3v) is 5.42. The predicted octanol–water partition coefficient (Wildman–Crippen LogP) is 2.38. The molecule has 1 aromatic rings. The smallest absolute Gasteiger partial charge is 0.225 e.